The molecule has 0 aromatic carbocycles. The Labute approximate surface area is 102 Å². The van der Waals surface area contributed by atoms with E-state index in [9.17, 15) is 0 Å². The van der Waals surface area contributed by atoms with Crippen LogP contribution in [0.1, 0.15) is 71.6 Å². The van der Waals surface area contributed by atoms with Gasteiger partial charge < -0.3 is 0 Å². The summed E-state index contributed by atoms with van der Waals surface area (Å²) in [5.41, 5.74) is 1.25. The molecule has 2 fully saturated rings. The van der Waals surface area contributed by atoms with Gasteiger partial charge in [0, 0.05) is 0 Å². The first-order valence-electron chi connectivity index (χ1n) is 7.22. The molecular formula is C16H28. The number of hydrogen-bond donors (Lipinski definition) is 0. The Hall–Kier alpha value is -0.260. The van der Waals surface area contributed by atoms with E-state index in [1.54, 1.807) is 0 Å². The van der Waals surface area contributed by atoms with E-state index in [0.29, 0.717) is 10.8 Å². The van der Waals surface area contributed by atoms with Gasteiger partial charge in [0.1, 0.15) is 0 Å². The van der Waals surface area contributed by atoms with Crippen molar-refractivity contribution < 1.29 is 0 Å². The topological polar surface area (TPSA) is 0 Å². The smallest absolute Gasteiger partial charge is 0.0236 e. The van der Waals surface area contributed by atoms with Crippen molar-refractivity contribution in [1.82, 2.24) is 0 Å². The van der Waals surface area contributed by atoms with E-state index >= 15 is 0 Å². The normalized spacial score (nSPS) is 39.2. The summed E-state index contributed by atoms with van der Waals surface area (Å²) in [6, 6.07) is 0. The standard InChI is InChI=1S/C16H28/c1-4-14-8-7-12-16(3,13-9-14)15(2)10-5-6-11-15/h4,14H,1,5-13H2,2-3H3. The summed E-state index contributed by atoms with van der Waals surface area (Å²) in [7, 11) is 0. The molecule has 0 heterocycles. The molecule has 0 aromatic rings. The molecule has 2 atom stereocenters. The van der Waals surface area contributed by atoms with Gasteiger partial charge >= 0.3 is 0 Å². The highest BCUT2D eigenvalue weighted by Crippen LogP contribution is 2.57. The molecule has 2 aliphatic rings. The fourth-order valence-corrected chi connectivity index (χ4v) is 4.13. The van der Waals surface area contributed by atoms with Crippen molar-refractivity contribution in [3.05, 3.63) is 12.7 Å². The lowest BCUT2D eigenvalue weighted by molar-refractivity contribution is 0.0565. The van der Waals surface area contributed by atoms with Crippen molar-refractivity contribution in [2.75, 3.05) is 0 Å². The summed E-state index contributed by atoms with van der Waals surface area (Å²) in [5, 5.41) is 0. The van der Waals surface area contributed by atoms with Gasteiger partial charge in [0.15, 0.2) is 0 Å². The molecule has 0 radical (unpaired) electrons. The van der Waals surface area contributed by atoms with Gasteiger partial charge in [0.25, 0.3) is 0 Å². The molecule has 2 unspecified atom stereocenters. The van der Waals surface area contributed by atoms with Crippen LogP contribution in [0.5, 0.6) is 0 Å². The van der Waals surface area contributed by atoms with Crippen LogP contribution in [0.25, 0.3) is 0 Å². The van der Waals surface area contributed by atoms with Crippen LogP contribution >= 0.6 is 0 Å². The molecule has 2 aliphatic carbocycles. The minimum absolute atomic E-state index is 0.612. The van der Waals surface area contributed by atoms with Gasteiger partial charge in [-0.2, -0.15) is 0 Å². The molecule has 92 valence electrons. The van der Waals surface area contributed by atoms with Gasteiger partial charge in [-0.15, -0.1) is 6.58 Å². The first-order valence-corrected chi connectivity index (χ1v) is 7.22. The van der Waals surface area contributed by atoms with Gasteiger partial charge in [-0.1, -0.05) is 39.2 Å². The molecule has 0 bridgehead atoms. The molecule has 0 aliphatic heterocycles. The molecule has 0 nitrogen and oxygen atoms in total. The van der Waals surface area contributed by atoms with Crippen molar-refractivity contribution in [1.29, 1.82) is 0 Å². The Morgan fingerprint density at radius 2 is 1.44 bits per heavy atom. The number of allylic oxidation sites excluding steroid dienone is 1. The van der Waals surface area contributed by atoms with Crippen molar-refractivity contribution >= 4 is 0 Å². The summed E-state index contributed by atoms with van der Waals surface area (Å²) in [4.78, 5) is 0. The number of hydrogen-bond acceptors (Lipinski definition) is 0. The summed E-state index contributed by atoms with van der Waals surface area (Å²) in [6.45, 7) is 9.13. The molecule has 0 saturated heterocycles. The summed E-state index contributed by atoms with van der Waals surface area (Å²) in [5.74, 6) is 0.798. The highest BCUT2D eigenvalue weighted by Gasteiger charge is 2.45. The van der Waals surface area contributed by atoms with E-state index in [-0.39, 0.29) is 0 Å². The summed E-state index contributed by atoms with van der Waals surface area (Å²) >= 11 is 0. The van der Waals surface area contributed by atoms with Crippen LogP contribution in [0.4, 0.5) is 0 Å². The maximum absolute atomic E-state index is 3.99. The SMILES string of the molecule is C=CC1CCCC(C)(C2(C)CCCC2)CC1. The van der Waals surface area contributed by atoms with Crippen LogP contribution in [-0.4, -0.2) is 0 Å². The minimum atomic E-state index is 0.612. The lowest BCUT2D eigenvalue weighted by Crippen LogP contribution is -2.35. The zero-order valence-corrected chi connectivity index (χ0v) is 11.2. The zero-order valence-electron chi connectivity index (χ0n) is 11.2. The Morgan fingerprint density at radius 1 is 0.875 bits per heavy atom. The van der Waals surface area contributed by atoms with Crippen molar-refractivity contribution in [2.45, 2.75) is 71.6 Å². The van der Waals surface area contributed by atoms with E-state index in [2.05, 4.69) is 26.5 Å². The summed E-state index contributed by atoms with van der Waals surface area (Å²) in [6.07, 6.45) is 15.2. The predicted octanol–water partition coefficient (Wildman–Crippen LogP) is 5.34. The Balaban J connectivity index is 2.09. The molecule has 0 heteroatoms. The maximum atomic E-state index is 3.99. The number of rotatable bonds is 2. The first kappa shape index (κ1) is 12.2. The zero-order chi connectivity index (χ0) is 11.6. The van der Waals surface area contributed by atoms with E-state index in [4.69, 9.17) is 0 Å². The van der Waals surface area contributed by atoms with Crippen molar-refractivity contribution in [2.24, 2.45) is 16.7 Å². The Morgan fingerprint density at radius 3 is 2.06 bits per heavy atom. The third-order valence-electron chi connectivity index (χ3n) is 5.87. The van der Waals surface area contributed by atoms with E-state index < -0.39 is 0 Å². The van der Waals surface area contributed by atoms with Crippen LogP contribution < -0.4 is 0 Å². The Bertz CT molecular complexity index is 247. The van der Waals surface area contributed by atoms with E-state index in [0.717, 1.165) is 5.92 Å². The third kappa shape index (κ3) is 2.08. The third-order valence-corrected chi connectivity index (χ3v) is 5.87. The quantitative estimate of drug-likeness (QED) is 0.435. The molecule has 16 heavy (non-hydrogen) atoms. The van der Waals surface area contributed by atoms with Gasteiger partial charge in [-0.05, 0) is 55.3 Å². The highest BCUT2D eigenvalue weighted by atomic mass is 14.5. The van der Waals surface area contributed by atoms with Gasteiger partial charge in [0.05, 0.1) is 0 Å². The highest BCUT2D eigenvalue weighted by molar-refractivity contribution is 4.98. The fourth-order valence-electron chi connectivity index (χ4n) is 4.13. The van der Waals surface area contributed by atoms with Crippen molar-refractivity contribution in [3.63, 3.8) is 0 Å². The van der Waals surface area contributed by atoms with E-state index in [1.807, 2.05) is 0 Å². The minimum Gasteiger partial charge on any atom is -0.103 e. The fraction of sp³-hybridized carbons (Fsp3) is 0.875. The van der Waals surface area contributed by atoms with Crippen molar-refractivity contribution in [3.8, 4) is 0 Å². The van der Waals surface area contributed by atoms with Gasteiger partial charge in [-0.3, -0.25) is 0 Å². The molecule has 0 aromatic heterocycles. The lowest BCUT2D eigenvalue weighted by Gasteiger charge is -2.44. The van der Waals surface area contributed by atoms with Crippen LogP contribution in [0, 0.1) is 16.7 Å². The van der Waals surface area contributed by atoms with Crippen LogP contribution in [0.2, 0.25) is 0 Å². The second-order valence-electron chi connectivity index (χ2n) is 6.76. The largest absolute Gasteiger partial charge is 0.103 e. The first-order chi connectivity index (χ1) is 7.60. The molecule has 2 rings (SSSR count). The molecular weight excluding hydrogens is 192 g/mol. The second kappa shape index (κ2) is 4.55. The molecule has 0 amide bonds. The monoisotopic (exact) mass is 220 g/mol. The Kier molecular flexibility index (Phi) is 3.47. The molecule has 0 spiro atoms. The average Bonchev–Trinajstić information content (AvgIpc) is 2.62. The van der Waals surface area contributed by atoms with Crippen LogP contribution in [-0.2, 0) is 0 Å². The average molecular weight is 220 g/mol. The van der Waals surface area contributed by atoms with Gasteiger partial charge in [0.2, 0.25) is 0 Å². The molecule has 2 saturated carbocycles. The summed E-state index contributed by atoms with van der Waals surface area (Å²) < 4.78 is 0. The maximum Gasteiger partial charge on any atom is -0.0236 e. The van der Waals surface area contributed by atoms with E-state index in [1.165, 1.54) is 57.8 Å². The van der Waals surface area contributed by atoms with Crippen LogP contribution in [0.3, 0.4) is 0 Å². The predicted molar refractivity (Wildman–Crippen MR) is 71.5 cm³/mol. The van der Waals surface area contributed by atoms with Crippen LogP contribution in [0.15, 0.2) is 12.7 Å². The lowest BCUT2D eigenvalue weighted by atomic mass is 9.60. The molecule has 0 N–H and O–H groups in total. The second-order valence-corrected chi connectivity index (χ2v) is 6.76. The van der Waals surface area contributed by atoms with Gasteiger partial charge in [-0.25, -0.2) is 0 Å².